The van der Waals surface area contributed by atoms with Crippen LogP contribution in [0.25, 0.3) is 0 Å². The Hall–Kier alpha value is -3.79. The highest BCUT2D eigenvalue weighted by atomic mass is 16.6. The van der Waals surface area contributed by atoms with Crippen LogP contribution in [0, 0.1) is 28.9 Å². The maximum Gasteiger partial charge on any atom is 0.274 e. The van der Waals surface area contributed by atoms with Crippen LogP contribution in [0.3, 0.4) is 0 Å². The summed E-state index contributed by atoms with van der Waals surface area (Å²) < 4.78 is 5.41. The number of nitro groups is 1. The van der Waals surface area contributed by atoms with E-state index < -0.39 is 34.1 Å². The Bertz CT molecular complexity index is 1310. The van der Waals surface area contributed by atoms with Gasteiger partial charge in [0.2, 0.25) is 17.7 Å². The highest BCUT2D eigenvalue weighted by Gasteiger charge is 2.74. The van der Waals surface area contributed by atoms with Crippen molar-refractivity contribution >= 4 is 34.8 Å². The monoisotopic (exact) mass is 462 g/mol. The van der Waals surface area contributed by atoms with E-state index in [0.717, 1.165) is 11.3 Å². The average Bonchev–Trinajstić information content (AvgIpc) is 3.52. The number of amides is 3. The van der Waals surface area contributed by atoms with Gasteiger partial charge in [-0.2, -0.15) is 0 Å². The molecule has 3 fully saturated rings. The summed E-state index contributed by atoms with van der Waals surface area (Å²) in [5.74, 6) is -2.32. The Morgan fingerprint density at radius 2 is 1.97 bits per heavy atom. The number of imide groups is 1. The maximum atomic E-state index is 14.0. The molecule has 4 heterocycles. The number of fused-ring (bicyclic) bond motifs is 7. The Morgan fingerprint density at radius 1 is 1.18 bits per heavy atom. The lowest BCUT2D eigenvalue weighted by atomic mass is 9.75. The third-order valence-corrected chi connectivity index (χ3v) is 7.91. The molecule has 34 heavy (non-hydrogen) atoms. The van der Waals surface area contributed by atoms with Gasteiger partial charge in [-0.15, -0.1) is 0 Å². The van der Waals surface area contributed by atoms with Crippen LogP contribution in [0.5, 0.6) is 5.75 Å². The number of rotatable bonds is 3. The van der Waals surface area contributed by atoms with Gasteiger partial charge in [0.05, 0.1) is 35.1 Å². The number of carbonyl (C=O) groups excluding carboxylic acids is 3. The van der Waals surface area contributed by atoms with Crippen LogP contribution in [0.2, 0.25) is 0 Å². The second-order valence-electron chi connectivity index (χ2n) is 9.23. The van der Waals surface area contributed by atoms with Crippen molar-refractivity contribution in [3.8, 4) is 5.75 Å². The van der Waals surface area contributed by atoms with Gasteiger partial charge in [-0.05, 0) is 50.6 Å². The smallest absolute Gasteiger partial charge is 0.274 e. The van der Waals surface area contributed by atoms with Crippen LogP contribution >= 0.6 is 0 Å². The predicted octanol–water partition coefficient (Wildman–Crippen LogP) is 2.34. The molecule has 0 bridgehead atoms. The zero-order valence-corrected chi connectivity index (χ0v) is 18.6. The molecule has 0 aromatic heterocycles. The van der Waals surface area contributed by atoms with E-state index in [0.29, 0.717) is 30.0 Å². The highest BCUT2D eigenvalue weighted by molar-refractivity contribution is 6.26. The van der Waals surface area contributed by atoms with E-state index in [1.165, 1.54) is 26.2 Å². The van der Waals surface area contributed by atoms with Crippen molar-refractivity contribution in [2.45, 2.75) is 31.3 Å². The molecule has 4 aliphatic rings. The minimum absolute atomic E-state index is 0.166. The minimum Gasteiger partial charge on any atom is -0.497 e. The van der Waals surface area contributed by atoms with Crippen LogP contribution in [-0.4, -0.2) is 47.2 Å². The molecule has 1 spiro atoms. The van der Waals surface area contributed by atoms with Crippen molar-refractivity contribution in [1.29, 1.82) is 0 Å². The number of anilines is 2. The third kappa shape index (κ3) is 2.30. The zero-order valence-electron chi connectivity index (χ0n) is 18.6. The largest absolute Gasteiger partial charge is 0.497 e. The normalized spacial score (nSPS) is 29.4. The molecule has 10 nitrogen and oxygen atoms in total. The van der Waals surface area contributed by atoms with E-state index in [4.69, 9.17) is 4.74 Å². The van der Waals surface area contributed by atoms with Crippen LogP contribution in [0.1, 0.15) is 24.0 Å². The molecule has 1 N–H and O–H groups in total. The van der Waals surface area contributed by atoms with E-state index >= 15 is 0 Å². The molecule has 0 saturated carbocycles. The van der Waals surface area contributed by atoms with Gasteiger partial charge in [0, 0.05) is 23.4 Å². The van der Waals surface area contributed by atoms with Gasteiger partial charge in [0.1, 0.15) is 11.3 Å². The molecule has 3 amide bonds. The molecule has 3 saturated heterocycles. The molecule has 0 aliphatic carbocycles. The third-order valence-electron chi connectivity index (χ3n) is 7.91. The highest BCUT2D eigenvalue weighted by Crippen LogP contribution is 2.61. The molecule has 2 aromatic carbocycles. The number of methoxy groups -OCH3 is 1. The lowest BCUT2D eigenvalue weighted by molar-refractivity contribution is -0.385. The Balaban J connectivity index is 1.55. The van der Waals surface area contributed by atoms with Crippen molar-refractivity contribution in [3.05, 3.63) is 57.6 Å². The van der Waals surface area contributed by atoms with Crippen molar-refractivity contribution in [2.24, 2.45) is 11.8 Å². The zero-order chi connectivity index (χ0) is 23.9. The van der Waals surface area contributed by atoms with E-state index in [1.807, 2.05) is 4.90 Å². The quantitative estimate of drug-likeness (QED) is 0.422. The molecule has 0 radical (unpaired) electrons. The predicted molar refractivity (Wildman–Crippen MR) is 120 cm³/mol. The summed E-state index contributed by atoms with van der Waals surface area (Å²) >= 11 is 0. The number of benzene rings is 2. The van der Waals surface area contributed by atoms with Crippen LogP contribution in [0.15, 0.2) is 36.4 Å². The summed E-state index contributed by atoms with van der Waals surface area (Å²) in [6.45, 7) is 2.13. The molecule has 10 heteroatoms. The van der Waals surface area contributed by atoms with Gasteiger partial charge in [-0.25, -0.2) is 4.90 Å². The first-order chi connectivity index (χ1) is 16.3. The van der Waals surface area contributed by atoms with Crippen molar-refractivity contribution < 1.29 is 24.0 Å². The van der Waals surface area contributed by atoms with Gasteiger partial charge in [0.15, 0.2) is 0 Å². The van der Waals surface area contributed by atoms with E-state index in [9.17, 15) is 24.5 Å². The molecular formula is C24H22N4O6. The molecule has 174 valence electrons. The fourth-order valence-electron chi connectivity index (χ4n) is 6.60. The summed E-state index contributed by atoms with van der Waals surface area (Å²) in [4.78, 5) is 55.6. The van der Waals surface area contributed by atoms with Crippen molar-refractivity contribution in [1.82, 2.24) is 4.90 Å². The molecular weight excluding hydrogens is 440 g/mol. The number of hydrogen-bond donors (Lipinski definition) is 1. The summed E-state index contributed by atoms with van der Waals surface area (Å²) in [5, 5.41) is 14.4. The number of nitrogens with zero attached hydrogens (tertiary/aromatic N) is 3. The molecule has 2 aromatic rings. The lowest BCUT2D eigenvalue weighted by Gasteiger charge is -2.36. The second kappa shape index (κ2) is 6.86. The van der Waals surface area contributed by atoms with Crippen molar-refractivity contribution in [3.63, 3.8) is 0 Å². The first kappa shape index (κ1) is 20.8. The van der Waals surface area contributed by atoms with E-state index in [1.54, 1.807) is 24.3 Å². The average molecular weight is 462 g/mol. The number of nitro benzene ring substituents is 1. The van der Waals surface area contributed by atoms with Gasteiger partial charge in [-0.1, -0.05) is 6.07 Å². The number of carbonyl (C=O) groups is 3. The summed E-state index contributed by atoms with van der Waals surface area (Å²) in [7, 11) is 1.53. The Kier molecular flexibility index (Phi) is 4.20. The number of hydrogen-bond acceptors (Lipinski definition) is 7. The SMILES string of the molecule is COc1ccc2c(c1)[C@]1(C(=O)N2)[C@@H]2C(=O)N(c3cccc([N+](=O)[O-])c3C)C(=O)[C@H]2[C@H]2CCCN21. The summed E-state index contributed by atoms with van der Waals surface area (Å²) in [6.07, 6.45) is 1.50. The Morgan fingerprint density at radius 3 is 2.71 bits per heavy atom. The molecule has 0 unspecified atom stereocenters. The standard InChI is InChI=1S/C24H22N4O6/c1-12-16(5-3-6-17(12)28(32)33)27-21(29)19-18-7-4-10-26(18)24(20(19)22(27)30)14-11-13(34-2)8-9-15(14)25-23(24)31/h3,5-6,8-9,11,18-20H,4,7,10H2,1-2H3,(H,25,31)/t18-,19+,20+,24-/m1/s1. The minimum atomic E-state index is -1.33. The van der Waals surface area contributed by atoms with E-state index in [-0.39, 0.29) is 28.9 Å². The first-order valence-electron chi connectivity index (χ1n) is 11.2. The van der Waals surface area contributed by atoms with Crippen LogP contribution in [0.4, 0.5) is 17.1 Å². The fraction of sp³-hybridized carbons (Fsp3) is 0.375. The van der Waals surface area contributed by atoms with Gasteiger partial charge < -0.3 is 10.1 Å². The summed E-state index contributed by atoms with van der Waals surface area (Å²) in [5.41, 5.74) is 0.177. The second-order valence-corrected chi connectivity index (χ2v) is 9.23. The van der Waals surface area contributed by atoms with Crippen LogP contribution < -0.4 is 15.0 Å². The van der Waals surface area contributed by atoms with Crippen LogP contribution in [-0.2, 0) is 19.9 Å². The van der Waals surface area contributed by atoms with Gasteiger partial charge >= 0.3 is 0 Å². The molecule has 4 aliphatic heterocycles. The topological polar surface area (TPSA) is 122 Å². The van der Waals surface area contributed by atoms with Gasteiger partial charge in [-0.3, -0.25) is 29.4 Å². The molecule has 6 rings (SSSR count). The van der Waals surface area contributed by atoms with Gasteiger partial charge in [0.25, 0.3) is 5.69 Å². The maximum absolute atomic E-state index is 14.0. The fourth-order valence-corrected chi connectivity index (χ4v) is 6.60. The summed E-state index contributed by atoms with van der Waals surface area (Å²) in [6, 6.07) is 9.35. The Labute approximate surface area is 194 Å². The van der Waals surface area contributed by atoms with Crippen molar-refractivity contribution in [2.75, 3.05) is 23.9 Å². The first-order valence-corrected chi connectivity index (χ1v) is 11.2. The lowest BCUT2D eigenvalue weighted by Crippen LogP contribution is -2.54. The number of nitrogens with one attached hydrogen (secondary N) is 1. The molecule has 4 atom stereocenters. The number of ether oxygens (including phenoxy) is 1. The van der Waals surface area contributed by atoms with E-state index in [2.05, 4.69) is 5.32 Å².